The third-order valence-electron chi connectivity index (χ3n) is 11.7. The number of rotatable bonds is 46. The van der Waals surface area contributed by atoms with Crippen LogP contribution in [0.1, 0.15) is 285 Å². The van der Waals surface area contributed by atoms with Crippen LogP contribution >= 0.6 is 0 Å². The summed E-state index contributed by atoms with van der Waals surface area (Å²) >= 11 is 0. The largest absolute Gasteiger partial charge is 0.450 e. The predicted octanol–water partition coefficient (Wildman–Crippen LogP) is 13.5. The van der Waals surface area contributed by atoms with E-state index >= 15 is 0 Å². The Hall–Kier alpha value is -2.24. The van der Waals surface area contributed by atoms with E-state index in [1.54, 1.807) is 0 Å². The van der Waals surface area contributed by atoms with Gasteiger partial charge in [-0.25, -0.2) is 0 Å². The van der Waals surface area contributed by atoms with Crippen LogP contribution in [-0.4, -0.2) is 57.2 Å². The molecule has 62 heavy (non-hydrogen) atoms. The molecule has 0 saturated carbocycles. The molecule has 11 heteroatoms. The average Bonchev–Trinajstić information content (AvgIpc) is 3.23. The average molecular weight is 885 g/mol. The van der Waals surface area contributed by atoms with E-state index in [1.807, 2.05) is 0 Å². The van der Waals surface area contributed by atoms with Gasteiger partial charge in [0.15, 0.2) is 0 Å². The summed E-state index contributed by atoms with van der Waals surface area (Å²) in [4.78, 5) is 52.9. The molecule has 0 spiro atoms. The lowest BCUT2D eigenvalue weighted by Crippen LogP contribution is -2.68. The molecule has 0 radical (unpaired) electrons. The van der Waals surface area contributed by atoms with E-state index in [0.717, 1.165) is 103 Å². The molecule has 0 heterocycles. The van der Waals surface area contributed by atoms with Crippen molar-refractivity contribution in [1.29, 1.82) is 0 Å². The second kappa shape index (κ2) is 41.5. The van der Waals surface area contributed by atoms with Gasteiger partial charge in [-0.15, -0.1) is 0 Å². The molecule has 0 aliphatic heterocycles. The zero-order chi connectivity index (χ0) is 46.0. The minimum absolute atomic E-state index is 0.120. The molecule has 2 atom stereocenters. The lowest BCUT2D eigenvalue weighted by Gasteiger charge is -2.40. The van der Waals surface area contributed by atoms with Gasteiger partial charge in [-0.2, -0.15) is 0 Å². The molecule has 0 bridgehead atoms. The van der Waals surface area contributed by atoms with Crippen molar-refractivity contribution in [1.82, 2.24) is 0 Å². The fraction of sp³-hybridized carbons (Fsp3) is 0.922. The van der Waals surface area contributed by atoms with Crippen molar-refractivity contribution in [3.8, 4) is 0 Å². The molecule has 11 nitrogen and oxygen atoms in total. The Bertz CT molecular complexity index is 1050. The highest BCUT2D eigenvalue weighted by atomic mass is 16.9. The number of unbranched alkanes of at least 4 members (excludes halogenated alkanes) is 32. The monoisotopic (exact) mass is 885 g/mol. The highest BCUT2D eigenvalue weighted by Crippen LogP contribution is 2.34. The molecule has 0 rings (SSSR count). The first-order chi connectivity index (χ1) is 30.0. The molecule has 0 aromatic rings. The molecule has 2 unspecified atom stereocenters. The van der Waals surface area contributed by atoms with Gasteiger partial charge in [-0.3, -0.25) is 19.2 Å². The van der Waals surface area contributed by atoms with Crippen LogP contribution in [0.25, 0.3) is 0 Å². The van der Waals surface area contributed by atoms with Gasteiger partial charge < -0.3 is 34.3 Å². The van der Waals surface area contributed by atoms with Gasteiger partial charge >= 0.3 is 35.6 Å². The van der Waals surface area contributed by atoms with E-state index in [9.17, 15) is 34.5 Å². The van der Waals surface area contributed by atoms with Gasteiger partial charge in [-0.1, -0.05) is 233 Å². The van der Waals surface area contributed by atoms with E-state index in [1.165, 1.54) is 83.5 Å². The molecular formula is C51H96O11. The molecular weight excluding hydrogens is 789 g/mol. The normalized spacial score (nSPS) is 13.1. The summed E-state index contributed by atoms with van der Waals surface area (Å²) in [5, 5.41) is 35.2. The third-order valence-corrected chi connectivity index (χ3v) is 11.7. The minimum atomic E-state index is -3.72. The number of carbonyl (C=O) groups excluding carboxylic acids is 4. The van der Waals surface area contributed by atoms with Gasteiger partial charge in [0, 0.05) is 25.7 Å². The van der Waals surface area contributed by atoms with E-state index in [4.69, 9.17) is 18.9 Å². The number of hydrogen-bond acceptors (Lipinski definition) is 11. The smallest absolute Gasteiger partial charge is 0.428 e. The maximum absolute atomic E-state index is 13.3. The van der Waals surface area contributed by atoms with Crippen LogP contribution in [0.15, 0.2) is 0 Å². The zero-order valence-electron chi connectivity index (χ0n) is 40.5. The van der Waals surface area contributed by atoms with Crippen molar-refractivity contribution in [3.63, 3.8) is 0 Å². The van der Waals surface area contributed by atoms with E-state index in [0.29, 0.717) is 44.9 Å². The quantitative estimate of drug-likeness (QED) is 0.0230. The van der Waals surface area contributed by atoms with Crippen LogP contribution in [0.3, 0.4) is 0 Å². The Morgan fingerprint density at radius 2 is 0.548 bits per heavy atom. The van der Waals surface area contributed by atoms with Crippen molar-refractivity contribution >= 4 is 23.9 Å². The molecule has 366 valence electrons. The van der Waals surface area contributed by atoms with Crippen molar-refractivity contribution < 1.29 is 53.4 Å². The van der Waals surface area contributed by atoms with E-state index < -0.39 is 41.9 Å². The topological polar surface area (TPSA) is 166 Å². The summed E-state index contributed by atoms with van der Waals surface area (Å²) < 4.78 is 21.1. The van der Waals surface area contributed by atoms with Gasteiger partial charge in [0.05, 0.1) is 0 Å². The number of esters is 4. The fourth-order valence-corrected chi connectivity index (χ4v) is 7.66. The number of carbonyl (C=O) groups is 4. The van der Waals surface area contributed by atoms with Crippen LogP contribution in [-0.2, 0) is 38.1 Å². The maximum Gasteiger partial charge on any atom is 0.450 e. The Kier molecular flexibility index (Phi) is 40.0. The molecule has 0 saturated heterocycles. The third kappa shape index (κ3) is 32.4. The van der Waals surface area contributed by atoms with Crippen molar-refractivity contribution in [2.75, 3.05) is 0 Å². The molecule has 3 N–H and O–H groups in total. The summed E-state index contributed by atoms with van der Waals surface area (Å²) in [5.74, 6) is -11.5. The zero-order valence-corrected chi connectivity index (χ0v) is 40.5. The minimum Gasteiger partial charge on any atom is -0.428 e. The Morgan fingerprint density at radius 3 is 0.806 bits per heavy atom. The molecule has 0 aliphatic rings. The van der Waals surface area contributed by atoms with Gasteiger partial charge in [0.1, 0.15) is 0 Å². The Morgan fingerprint density at radius 1 is 0.339 bits per heavy atom. The van der Waals surface area contributed by atoms with Crippen LogP contribution in [0.5, 0.6) is 0 Å². The van der Waals surface area contributed by atoms with Gasteiger partial charge in [-0.05, 0) is 25.7 Å². The molecule has 0 aliphatic carbocycles. The first-order valence-electron chi connectivity index (χ1n) is 26.0. The highest BCUT2D eigenvalue weighted by molar-refractivity contribution is 5.73. The summed E-state index contributed by atoms with van der Waals surface area (Å²) in [5.41, 5.74) is 0. The predicted molar refractivity (Wildman–Crippen MR) is 248 cm³/mol. The Labute approximate surface area is 378 Å². The second-order valence-electron chi connectivity index (χ2n) is 17.9. The van der Waals surface area contributed by atoms with Gasteiger partial charge in [0.25, 0.3) is 6.29 Å². The molecule has 0 amide bonds. The fourth-order valence-electron chi connectivity index (χ4n) is 7.66. The standard InChI is InChI=1S/C51H96O11/c1-5-9-13-17-21-25-29-33-37-41-45(52)59-49(56)50(57,60-46(53)42-38-34-30-26-22-18-14-10-6-2)51(58,61-47(54)43-39-35-31-27-23-19-15-11-7-3)62-48(55)44-40-36-32-28-24-20-16-12-8-4/h49,56-58H,5-44H2,1-4H3. The Balaban J connectivity index is 5.92. The van der Waals surface area contributed by atoms with Crippen LogP contribution in [0.2, 0.25) is 0 Å². The second-order valence-corrected chi connectivity index (χ2v) is 17.9. The highest BCUT2D eigenvalue weighted by Gasteiger charge is 2.67. The van der Waals surface area contributed by atoms with Crippen molar-refractivity contribution in [2.24, 2.45) is 0 Å². The van der Waals surface area contributed by atoms with E-state index in [2.05, 4.69) is 27.7 Å². The lowest BCUT2D eigenvalue weighted by molar-refractivity contribution is -0.476. The molecule has 0 fully saturated rings. The van der Waals surface area contributed by atoms with Crippen molar-refractivity contribution in [2.45, 2.75) is 303 Å². The molecule has 0 aromatic carbocycles. The summed E-state index contributed by atoms with van der Waals surface area (Å²) in [7, 11) is 0. The first kappa shape index (κ1) is 59.8. The first-order valence-corrected chi connectivity index (χ1v) is 26.0. The number of hydrogen-bond donors (Lipinski definition) is 3. The number of aliphatic hydroxyl groups is 3. The number of ether oxygens (including phenoxy) is 4. The van der Waals surface area contributed by atoms with Crippen molar-refractivity contribution in [3.05, 3.63) is 0 Å². The van der Waals surface area contributed by atoms with Crippen LogP contribution < -0.4 is 0 Å². The summed E-state index contributed by atoms with van der Waals surface area (Å²) in [6.07, 6.45) is 32.1. The van der Waals surface area contributed by atoms with Crippen LogP contribution in [0, 0.1) is 0 Å². The van der Waals surface area contributed by atoms with Gasteiger partial charge in [0.2, 0.25) is 0 Å². The maximum atomic E-state index is 13.3. The summed E-state index contributed by atoms with van der Waals surface area (Å²) in [6, 6.07) is 0. The SMILES string of the molecule is CCCCCCCCCCCC(=O)OC(O)C(O)(OC(=O)CCCCCCCCCCC)C(O)(OC(=O)CCCCCCCCCCC)OC(=O)CCCCCCCCCCC. The summed E-state index contributed by atoms with van der Waals surface area (Å²) in [6.45, 7) is 8.70. The van der Waals surface area contributed by atoms with E-state index in [-0.39, 0.29) is 25.7 Å². The lowest BCUT2D eigenvalue weighted by atomic mass is 10.1. The molecule has 0 aromatic heterocycles. The van der Waals surface area contributed by atoms with Crippen LogP contribution in [0.4, 0.5) is 0 Å². The number of aliphatic hydroxyl groups excluding tert-OH is 1.